The van der Waals surface area contributed by atoms with Gasteiger partial charge in [-0.1, -0.05) is 65.0 Å². The molecule has 3 heterocycles. The number of carbonyl (C=O) groups excluding carboxylic acids is 8. The van der Waals surface area contributed by atoms with Crippen molar-refractivity contribution in [3.63, 3.8) is 0 Å². The molecule has 4 rings (SSSR count). The summed E-state index contributed by atoms with van der Waals surface area (Å²) in [7, 11) is 2.66. The zero-order valence-electron chi connectivity index (χ0n) is 35.8. The summed E-state index contributed by atoms with van der Waals surface area (Å²) in [6, 6.07) is 3.80. The molecule has 61 heavy (non-hydrogen) atoms. The monoisotopic (exact) mass is 850 g/mol. The fourth-order valence-corrected chi connectivity index (χ4v) is 7.22. The number of ether oxygens (including phenoxy) is 1. The summed E-state index contributed by atoms with van der Waals surface area (Å²) in [6.45, 7) is 8.94. The van der Waals surface area contributed by atoms with Crippen LogP contribution in [0.3, 0.4) is 0 Å². The summed E-state index contributed by atoms with van der Waals surface area (Å²) < 4.78 is 5.85. The van der Waals surface area contributed by atoms with Gasteiger partial charge in [0, 0.05) is 33.3 Å². The normalized spacial score (nSPS) is 26.1. The van der Waals surface area contributed by atoms with Crippen LogP contribution in [-0.4, -0.2) is 147 Å². The molecule has 332 valence electrons. The van der Waals surface area contributed by atoms with Crippen LogP contribution in [0.2, 0.25) is 0 Å². The van der Waals surface area contributed by atoms with Gasteiger partial charge in [-0.2, -0.15) is 0 Å². The molecule has 0 aliphatic carbocycles. The summed E-state index contributed by atoms with van der Waals surface area (Å²) in [5, 5.41) is 31.5. The quantitative estimate of drug-likeness (QED) is 0.199. The van der Waals surface area contributed by atoms with Crippen LogP contribution in [0.1, 0.15) is 76.5 Å². The summed E-state index contributed by atoms with van der Waals surface area (Å²) in [4.78, 5) is 118. The molecule has 2 aliphatic heterocycles. The van der Waals surface area contributed by atoms with Crippen molar-refractivity contribution in [3.8, 4) is 5.75 Å². The highest BCUT2D eigenvalue weighted by molar-refractivity contribution is 6.00. The third kappa shape index (κ3) is 12.0. The van der Waals surface area contributed by atoms with E-state index in [1.807, 2.05) is 13.8 Å². The Kier molecular flexibility index (Phi) is 16.3. The predicted octanol–water partition coefficient (Wildman–Crippen LogP) is -0.125. The number of fused-ring (bicyclic) bond motifs is 1. The van der Waals surface area contributed by atoms with Crippen molar-refractivity contribution >= 4 is 47.3 Å². The molecule has 19 nitrogen and oxygen atoms in total. The molecule has 19 heteroatoms. The second kappa shape index (κ2) is 20.9. The SMILES string of the molecule is CC(C)CC1NC(=O)C(NC(=O)c2ncccc2O)C(C)OC(=O)C(c2ccccc2)N(C)C(=O)CNC(=O)C(C(C)C(C)C)NC(=O)CN(C)C(=O)C2CC(O)CN2C1=O. The lowest BCUT2D eigenvalue weighted by Crippen LogP contribution is -2.60. The average Bonchev–Trinajstić information content (AvgIpc) is 3.60. The maximum atomic E-state index is 14.4. The van der Waals surface area contributed by atoms with Crippen molar-refractivity contribution in [2.75, 3.05) is 33.7 Å². The van der Waals surface area contributed by atoms with Gasteiger partial charge < -0.3 is 50.9 Å². The number of likely N-dealkylation sites (N-methyl/N-ethyl adjacent to an activating group) is 2. The van der Waals surface area contributed by atoms with Gasteiger partial charge in [-0.3, -0.25) is 33.6 Å². The van der Waals surface area contributed by atoms with E-state index in [1.165, 1.54) is 39.3 Å². The van der Waals surface area contributed by atoms with E-state index in [1.54, 1.807) is 51.1 Å². The van der Waals surface area contributed by atoms with Gasteiger partial charge in [-0.15, -0.1) is 0 Å². The Balaban J connectivity index is 1.81. The number of aliphatic hydroxyl groups is 1. The number of esters is 1. The molecule has 6 N–H and O–H groups in total. The number of hydrogen-bond donors (Lipinski definition) is 6. The smallest absolute Gasteiger partial charge is 0.333 e. The summed E-state index contributed by atoms with van der Waals surface area (Å²) in [6.07, 6.45) is -1.52. The average molecular weight is 851 g/mol. The number of aromatic hydroxyl groups is 1. The second-order valence-electron chi connectivity index (χ2n) is 16.4. The fraction of sp³-hybridized carbons (Fsp3) is 0.548. The zero-order valence-corrected chi connectivity index (χ0v) is 35.8. The van der Waals surface area contributed by atoms with E-state index in [4.69, 9.17) is 4.74 Å². The number of carbonyl (C=O) groups is 8. The molecule has 0 saturated carbocycles. The maximum Gasteiger partial charge on any atom is 0.333 e. The molecule has 2 aliphatic rings. The number of amides is 7. The van der Waals surface area contributed by atoms with Gasteiger partial charge in [0.05, 0.1) is 19.2 Å². The number of benzene rings is 1. The standard InChI is InChI=1S/C42H58N8O11/c1-22(2)17-28-40(58)50-20-27(51)18-29(50)41(59)48(7)21-31(53)46-33(24(5)23(3)4)37(55)44-19-32(54)49(8)36(26-13-10-9-11-14-26)42(60)61-25(6)34(38(56)45-28)47-39(57)35-30(52)15-12-16-43-35/h9-16,22-25,27-29,33-34,36,51-52H,17-21H2,1-8H3,(H,44,55)(H,45,56)(H,46,53)(H,47,57). The van der Waals surface area contributed by atoms with Crippen LogP contribution < -0.4 is 21.3 Å². The highest BCUT2D eigenvalue weighted by atomic mass is 16.5. The van der Waals surface area contributed by atoms with Crippen molar-refractivity contribution < 1.29 is 53.3 Å². The van der Waals surface area contributed by atoms with Gasteiger partial charge in [0.1, 0.15) is 36.0 Å². The number of pyridine rings is 1. The molecule has 2 fully saturated rings. The molecule has 1 aromatic heterocycles. The van der Waals surface area contributed by atoms with E-state index in [2.05, 4.69) is 26.3 Å². The first-order chi connectivity index (χ1) is 28.7. The Bertz CT molecular complexity index is 1950. The molecule has 0 radical (unpaired) electrons. The third-order valence-corrected chi connectivity index (χ3v) is 11.0. The third-order valence-electron chi connectivity index (χ3n) is 11.0. The van der Waals surface area contributed by atoms with Crippen molar-refractivity contribution in [2.24, 2.45) is 17.8 Å². The van der Waals surface area contributed by atoms with Crippen molar-refractivity contribution in [1.82, 2.24) is 41.0 Å². The predicted molar refractivity (Wildman–Crippen MR) is 219 cm³/mol. The van der Waals surface area contributed by atoms with E-state index in [9.17, 15) is 48.6 Å². The second-order valence-corrected chi connectivity index (χ2v) is 16.4. The Morgan fingerprint density at radius 3 is 2.23 bits per heavy atom. The number of aromatic nitrogens is 1. The number of rotatable bonds is 7. The number of nitrogens with zero attached hydrogens (tertiary/aromatic N) is 4. The minimum absolute atomic E-state index is 0.0344. The largest absolute Gasteiger partial charge is 0.505 e. The highest BCUT2D eigenvalue weighted by Crippen LogP contribution is 2.25. The number of nitrogens with one attached hydrogen (secondary N) is 4. The zero-order chi connectivity index (χ0) is 45.3. The first-order valence-corrected chi connectivity index (χ1v) is 20.3. The van der Waals surface area contributed by atoms with Crippen LogP contribution in [-0.2, 0) is 38.3 Å². The number of aliphatic hydroxyl groups excluding tert-OH is 1. The molecule has 2 saturated heterocycles. The van der Waals surface area contributed by atoms with Crippen LogP contribution in [0.5, 0.6) is 5.75 Å². The van der Waals surface area contributed by atoms with Crippen molar-refractivity contribution in [1.29, 1.82) is 0 Å². The summed E-state index contributed by atoms with van der Waals surface area (Å²) in [5.74, 6) is -7.88. The van der Waals surface area contributed by atoms with Gasteiger partial charge in [-0.25, -0.2) is 9.78 Å². The van der Waals surface area contributed by atoms with Gasteiger partial charge >= 0.3 is 5.97 Å². The molecule has 0 spiro atoms. The Hall–Kier alpha value is -6.11. The Morgan fingerprint density at radius 2 is 1.61 bits per heavy atom. The Labute approximate surface area is 354 Å². The number of hydrogen-bond acceptors (Lipinski definition) is 12. The molecule has 7 amide bonds. The van der Waals surface area contributed by atoms with Gasteiger partial charge in [-0.05, 0) is 48.8 Å². The van der Waals surface area contributed by atoms with E-state index in [-0.39, 0.29) is 31.2 Å². The molecular weight excluding hydrogens is 793 g/mol. The van der Waals surface area contributed by atoms with Gasteiger partial charge in [0.2, 0.25) is 35.4 Å². The van der Waals surface area contributed by atoms with Crippen LogP contribution >= 0.6 is 0 Å². The van der Waals surface area contributed by atoms with Crippen molar-refractivity contribution in [3.05, 3.63) is 59.9 Å². The molecule has 8 unspecified atom stereocenters. The lowest BCUT2D eigenvalue weighted by atomic mass is 9.89. The molecule has 1 aromatic carbocycles. The Morgan fingerprint density at radius 1 is 0.934 bits per heavy atom. The minimum Gasteiger partial charge on any atom is -0.505 e. The number of cyclic esters (lactones) is 1. The maximum absolute atomic E-state index is 14.4. The van der Waals surface area contributed by atoms with E-state index >= 15 is 0 Å². The van der Waals surface area contributed by atoms with Gasteiger partial charge in [0.15, 0.2) is 11.7 Å². The van der Waals surface area contributed by atoms with E-state index < -0.39 is 120 Å². The first-order valence-electron chi connectivity index (χ1n) is 20.3. The lowest BCUT2D eigenvalue weighted by molar-refractivity contribution is -0.160. The topological polar surface area (TPSA) is 257 Å². The van der Waals surface area contributed by atoms with E-state index in [0.29, 0.717) is 5.56 Å². The van der Waals surface area contributed by atoms with Crippen LogP contribution in [0.15, 0.2) is 48.7 Å². The van der Waals surface area contributed by atoms with Crippen LogP contribution in [0.4, 0.5) is 0 Å². The molecular formula is C42H58N8O11. The molecule has 8 atom stereocenters. The minimum atomic E-state index is -1.74. The summed E-state index contributed by atoms with van der Waals surface area (Å²) >= 11 is 0. The first kappa shape index (κ1) is 47.6. The molecule has 2 aromatic rings. The highest BCUT2D eigenvalue weighted by Gasteiger charge is 2.44. The van der Waals surface area contributed by atoms with Crippen molar-refractivity contribution in [2.45, 2.75) is 96.8 Å². The molecule has 0 bridgehead atoms. The van der Waals surface area contributed by atoms with E-state index in [0.717, 1.165) is 14.7 Å². The summed E-state index contributed by atoms with van der Waals surface area (Å²) in [5.41, 5.74) is -0.145. The van der Waals surface area contributed by atoms with Gasteiger partial charge in [0.25, 0.3) is 5.91 Å². The lowest BCUT2D eigenvalue weighted by Gasteiger charge is -2.33. The fourth-order valence-electron chi connectivity index (χ4n) is 7.22. The van der Waals surface area contributed by atoms with Crippen LogP contribution in [0.25, 0.3) is 0 Å². The van der Waals surface area contributed by atoms with Crippen LogP contribution in [0, 0.1) is 17.8 Å².